The number of rotatable bonds is 6. The average Bonchev–Trinajstić information content (AvgIpc) is 2.60. The summed E-state index contributed by atoms with van der Waals surface area (Å²) in [4.78, 5) is 22.4. The van der Waals surface area contributed by atoms with Gasteiger partial charge in [0.2, 0.25) is 5.91 Å². The first kappa shape index (κ1) is 17.4. The standard InChI is InChI=1S/C19H20N2O3/c1-3-14(2)15-8-11-17(12-9-15)20-19(22)13-10-16-6-4-5-7-18(16)21(23)24/h4-14H,3H2,1-2H3,(H,20,22). The minimum Gasteiger partial charge on any atom is -0.323 e. The summed E-state index contributed by atoms with van der Waals surface area (Å²) in [6.45, 7) is 4.29. The van der Waals surface area contributed by atoms with E-state index in [4.69, 9.17) is 0 Å². The van der Waals surface area contributed by atoms with Gasteiger partial charge in [0.15, 0.2) is 0 Å². The van der Waals surface area contributed by atoms with Crippen LogP contribution in [0, 0.1) is 10.1 Å². The molecule has 2 rings (SSSR count). The lowest BCUT2D eigenvalue weighted by molar-refractivity contribution is -0.385. The molecule has 24 heavy (non-hydrogen) atoms. The highest BCUT2D eigenvalue weighted by Crippen LogP contribution is 2.21. The van der Waals surface area contributed by atoms with Gasteiger partial charge in [0.05, 0.1) is 10.5 Å². The van der Waals surface area contributed by atoms with Gasteiger partial charge in [-0.05, 0) is 42.2 Å². The van der Waals surface area contributed by atoms with Crippen molar-refractivity contribution in [3.63, 3.8) is 0 Å². The Hall–Kier alpha value is -2.95. The van der Waals surface area contributed by atoms with Crippen molar-refractivity contribution in [1.82, 2.24) is 0 Å². The maximum atomic E-state index is 12.0. The van der Waals surface area contributed by atoms with Crippen molar-refractivity contribution in [2.24, 2.45) is 0 Å². The maximum absolute atomic E-state index is 12.0. The van der Waals surface area contributed by atoms with E-state index in [-0.39, 0.29) is 11.6 Å². The van der Waals surface area contributed by atoms with Gasteiger partial charge in [0.25, 0.3) is 5.69 Å². The molecule has 0 saturated carbocycles. The van der Waals surface area contributed by atoms with E-state index in [1.807, 2.05) is 24.3 Å². The van der Waals surface area contributed by atoms with E-state index in [2.05, 4.69) is 19.2 Å². The van der Waals surface area contributed by atoms with E-state index in [1.54, 1.807) is 18.2 Å². The molecule has 0 heterocycles. The Balaban J connectivity index is 2.04. The fraction of sp³-hybridized carbons (Fsp3) is 0.211. The second kappa shape index (κ2) is 8.06. The van der Waals surface area contributed by atoms with E-state index < -0.39 is 4.92 Å². The van der Waals surface area contributed by atoms with Crippen LogP contribution in [0.5, 0.6) is 0 Å². The Kier molecular flexibility index (Phi) is 5.84. The first-order valence-electron chi connectivity index (χ1n) is 7.83. The van der Waals surface area contributed by atoms with Crippen LogP contribution in [0.3, 0.4) is 0 Å². The van der Waals surface area contributed by atoms with Crippen molar-refractivity contribution in [2.75, 3.05) is 5.32 Å². The molecule has 0 aromatic heterocycles. The predicted molar refractivity (Wildman–Crippen MR) is 95.9 cm³/mol. The molecular formula is C19H20N2O3. The summed E-state index contributed by atoms with van der Waals surface area (Å²) in [7, 11) is 0. The third-order valence-electron chi connectivity index (χ3n) is 3.91. The number of carbonyl (C=O) groups excluding carboxylic acids is 1. The Morgan fingerprint density at radius 1 is 1.21 bits per heavy atom. The molecule has 1 N–H and O–H groups in total. The zero-order valence-electron chi connectivity index (χ0n) is 13.7. The second-order valence-electron chi connectivity index (χ2n) is 5.57. The fourth-order valence-corrected chi connectivity index (χ4v) is 2.27. The van der Waals surface area contributed by atoms with Gasteiger partial charge >= 0.3 is 0 Å². The van der Waals surface area contributed by atoms with E-state index in [0.29, 0.717) is 17.2 Å². The first-order chi connectivity index (χ1) is 11.5. The molecule has 0 radical (unpaired) electrons. The number of para-hydroxylation sites is 1. The number of hydrogen-bond acceptors (Lipinski definition) is 3. The Bertz CT molecular complexity index is 751. The largest absolute Gasteiger partial charge is 0.323 e. The molecule has 1 atom stereocenters. The summed E-state index contributed by atoms with van der Waals surface area (Å²) in [5.41, 5.74) is 2.29. The highest BCUT2D eigenvalue weighted by Gasteiger charge is 2.10. The predicted octanol–water partition coefficient (Wildman–Crippen LogP) is 4.76. The lowest BCUT2D eigenvalue weighted by Crippen LogP contribution is -2.07. The molecule has 0 saturated heterocycles. The summed E-state index contributed by atoms with van der Waals surface area (Å²) >= 11 is 0. The number of nitro groups is 1. The Morgan fingerprint density at radius 3 is 2.50 bits per heavy atom. The number of nitrogens with zero attached hydrogens (tertiary/aromatic N) is 1. The molecule has 1 amide bonds. The van der Waals surface area contributed by atoms with Crippen molar-refractivity contribution in [1.29, 1.82) is 0 Å². The molecule has 124 valence electrons. The highest BCUT2D eigenvalue weighted by atomic mass is 16.6. The lowest BCUT2D eigenvalue weighted by atomic mass is 9.99. The van der Waals surface area contributed by atoms with Crippen LogP contribution >= 0.6 is 0 Å². The monoisotopic (exact) mass is 324 g/mol. The van der Waals surface area contributed by atoms with Crippen LogP contribution < -0.4 is 5.32 Å². The summed E-state index contributed by atoms with van der Waals surface area (Å²) in [5.74, 6) is 0.151. The van der Waals surface area contributed by atoms with Crippen LogP contribution in [0.25, 0.3) is 6.08 Å². The van der Waals surface area contributed by atoms with Gasteiger partial charge in [-0.2, -0.15) is 0 Å². The topological polar surface area (TPSA) is 72.2 Å². The molecular weight excluding hydrogens is 304 g/mol. The molecule has 0 aliphatic rings. The van der Waals surface area contributed by atoms with Gasteiger partial charge in [-0.25, -0.2) is 0 Å². The van der Waals surface area contributed by atoms with Gasteiger partial charge in [0, 0.05) is 17.8 Å². The van der Waals surface area contributed by atoms with Gasteiger partial charge in [-0.15, -0.1) is 0 Å². The number of carbonyl (C=O) groups is 1. The third-order valence-corrected chi connectivity index (χ3v) is 3.91. The number of nitro benzene ring substituents is 1. The number of nitrogens with one attached hydrogen (secondary N) is 1. The van der Waals surface area contributed by atoms with E-state index in [1.165, 1.54) is 23.8 Å². The molecule has 2 aromatic rings. The van der Waals surface area contributed by atoms with Crippen LogP contribution in [0.2, 0.25) is 0 Å². The quantitative estimate of drug-likeness (QED) is 0.473. The van der Waals surface area contributed by atoms with Gasteiger partial charge < -0.3 is 5.32 Å². The minimum absolute atomic E-state index is 0.0283. The van der Waals surface area contributed by atoms with Crippen molar-refractivity contribution in [2.45, 2.75) is 26.2 Å². The number of hydrogen-bond donors (Lipinski definition) is 1. The Labute approximate surface area is 141 Å². The molecule has 5 heteroatoms. The first-order valence-corrected chi connectivity index (χ1v) is 7.83. The molecule has 5 nitrogen and oxygen atoms in total. The van der Waals surface area contributed by atoms with Gasteiger partial charge in [0.1, 0.15) is 0 Å². The van der Waals surface area contributed by atoms with Crippen LogP contribution in [0.4, 0.5) is 11.4 Å². The molecule has 1 unspecified atom stereocenters. The Morgan fingerprint density at radius 2 is 1.88 bits per heavy atom. The molecule has 0 spiro atoms. The molecule has 0 aliphatic carbocycles. The molecule has 0 bridgehead atoms. The van der Waals surface area contributed by atoms with Crippen molar-refractivity contribution in [3.8, 4) is 0 Å². The van der Waals surface area contributed by atoms with Crippen molar-refractivity contribution < 1.29 is 9.72 Å². The normalized spacial score (nSPS) is 12.1. The number of amides is 1. The van der Waals surface area contributed by atoms with E-state index in [0.717, 1.165) is 6.42 Å². The van der Waals surface area contributed by atoms with Crippen LogP contribution in [-0.2, 0) is 4.79 Å². The summed E-state index contributed by atoms with van der Waals surface area (Å²) < 4.78 is 0. The van der Waals surface area contributed by atoms with Gasteiger partial charge in [-0.3, -0.25) is 14.9 Å². The van der Waals surface area contributed by atoms with Crippen molar-refractivity contribution in [3.05, 3.63) is 75.8 Å². The molecule has 0 aliphatic heterocycles. The smallest absolute Gasteiger partial charge is 0.276 e. The molecule has 0 fully saturated rings. The van der Waals surface area contributed by atoms with Crippen molar-refractivity contribution >= 4 is 23.4 Å². The van der Waals surface area contributed by atoms with Gasteiger partial charge in [-0.1, -0.05) is 38.1 Å². The summed E-state index contributed by atoms with van der Waals surface area (Å²) in [6.07, 6.45) is 3.80. The van der Waals surface area contributed by atoms with Crippen LogP contribution in [0.1, 0.15) is 37.3 Å². The zero-order valence-corrected chi connectivity index (χ0v) is 13.7. The highest BCUT2D eigenvalue weighted by molar-refractivity contribution is 6.02. The third kappa shape index (κ3) is 4.52. The second-order valence-corrected chi connectivity index (χ2v) is 5.57. The fourth-order valence-electron chi connectivity index (χ4n) is 2.27. The lowest BCUT2D eigenvalue weighted by Gasteiger charge is -2.09. The maximum Gasteiger partial charge on any atom is 0.276 e. The average molecular weight is 324 g/mol. The minimum atomic E-state index is -0.467. The van der Waals surface area contributed by atoms with Crippen LogP contribution in [-0.4, -0.2) is 10.8 Å². The zero-order chi connectivity index (χ0) is 17.5. The SMILES string of the molecule is CCC(C)c1ccc(NC(=O)C=Cc2ccccc2[N+](=O)[O-])cc1. The molecule has 2 aromatic carbocycles. The summed E-state index contributed by atoms with van der Waals surface area (Å²) in [6, 6.07) is 14.0. The number of anilines is 1. The van der Waals surface area contributed by atoms with E-state index in [9.17, 15) is 14.9 Å². The summed E-state index contributed by atoms with van der Waals surface area (Å²) in [5, 5.41) is 13.7. The van der Waals surface area contributed by atoms with E-state index >= 15 is 0 Å². The number of benzene rings is 2. The van der Waals surface area contributed by atoms with Crippen LogP contribution in [0.15, 0.2) is 54.6 Å².